The highest BCUT2D eigenvalue weighted by molar-refractivity contribution is 5.90. The third-order valence-corrected chi connectivity index (χ3v) is 9.00. The van der Waals surface area contributed by atoms with Crippen molar-refractivity contribution in [2.24, 2.45) is 0 Å². The van der Waals surface area contributed by atoms with E-state index in [1.54, 1.807) is 31.2 Å². The van der Waals surface area contributed by atoms with Crippen molar-refractivity contribution in [2.45, 2.75) is 162 Å². The zero-order chi connectivity index (χ0) is 35.4. The Balaban J connectivity index is 1.97. The second-order valence-electron chi connectivity index (χ2n) is 13.3. The molecule has 1 unspecified atom stereocenters. The first kappa shape index (κ1) is 41.7. The minimum Gasteiger partial charge on any atom is -0.490 e. The van der Waals surface area contributed by atoms with Crippen LogP contribution in [0.1, 0.15) is 167 Å². The first-order valence-corrected chi connectivity index (χ1v) is 19.5. The van der Waals surface area contributed by atoms with Gasteiger partial charge in [0.1, 0.15) is 5.75 Å². The molecule has 2 rings (SSSR count). The van der Waals surface area contributed by atoms with Gasteiger partial charge in [-0.05, 0) is 72.9 Å². The molecule has 2 aromatic carbocycles. The van der Waals surface area contributed by atoms with E-state index in [1.807, 2.05) is 24.3 Å². The van der Waals surface area contributed by atoms with Gasteiger partial charge < -0.3 is 19.3 Å². The lowest BCUT2D eigenvalue weighted by atomic mass is 10.0. The molecule has 272 valence electrons. The fourth-order valence-corrected chi connectivity index (χ4v) is 5.92. The zero-order valence-electron chi connectivity index (χ0n) is 31.0. The summed E-state index contributed by atoms with van der Waals surface area (Å²) in [6.07, 6.45) is 26.9. The smallest absolute Gasteiger partial charge is 0.344 e. The van der Waals surface area contributed by atoms with Gasteiger partial charge in [-0.2, -0.15) is 5.26 Å². The number of nitriles is 1. The van der Waals surface area contributed by atoms with E-state index in [9.17, 15) is 15.2 Å². The Labute approximate surface area is 298 Å². The molecule has 0 aliphatic carbocycles. The number of hydrogen-bond donors (Lipinski definition) is 1. The molecule has 0 spiro atoms. The number of aliphatic carboxylic acids is 1. The highest BCUT2D eigenvalue weighted by Gasteiger charge is 2.17. The van der Waals surface area contributed by atoms with E-state index in [0.717, 1.165) is 41.9 Å². The number of carbonyl (C=O) groups is 1. The SMILES string of the molecule is CCCCCCCCCCCCOc1ccc(C=C(C#N)c2ccc(OC(CC)C(=O)O)cc2)cc1OCCCCCCCCCCCC. The van der Waals surface area contributed by atoms with Gasteiger partial charge in [0, 0.05) is 0 Å². The lowest BCUT2D eigenvalue weighted by molar-refractivity contribution is -0.145. The highest BCUT2D eigenvalue weighted by atomic mass is 16.5. The predicted octanol–water partition coefficient (Wildman–Crippen LogP) is 12.6. The average Bonchev–Trinajstić information content (AvgIpc) is 3.11. The maximum absolute atomic E-state index is 11.3. The molecule has 49 heavy (non-hydrogen) atoms. The van der Waals surface area contributed by atoms with Crippen LogP contribution in [-0.4, -0.2) is 30.4 Å². The fraction of sp³-hybridized carbons (Fsp3) is 0.628. The number of carboxylic acid groups (broad SMARTS) is 1. The Morgan fingerprint density at radius 3 is 1.59 bits per heavy atom. The lowest BCUT2D eigenvalue weighted by Gasteiger charge is -2.14. The molecule has 0 radical (unpaired) electrons. The maximum Gasteiger partial charge on any atom is 0.344 e. The molecule has 1 atom stereocenters. The Hall–Kier alpha value is -3.46. The second-order valence-corrected chi connectivity index (χ2v) is 13.3. The molecular weight excluding hydrogens is 610 g/mol. The van der Waals surface area contributed by atoms with Crippen LogP contribution in [0.3, 0.4) is 0 Å². The van der Waals surface area contributed by atoms with E-state index in [-0.39, 0.29) is 0 Å². The Morgan fingerprint density at radius 1 is 0.673 bits per heavy atom. The van der Waals surface area contributed by atoms with Gasteiger partial charge in [0.15, 0.2) is 17.6 Å². The number of unbranched alkanes of at least 4 members (excludes halogenated alkanes) is 18. The summed E-state index contributed by atoms with van der Waals surface area (Å²) in [6, 6.07) is 15.2. The average molecular weight is 676 g/mol. The third kappa shape index (κ3) is 18.8. The second kappa shape index (κ2) is 27.4. The van der Waals surface area contributed by atoms with E-state index in [2.05, 4.69) is 19.9 Å². The van der Waals surface area contributed by atoms with Gasteiger partial charge in [0.25, 0.3) is 0 Å². The summed E-state index contributed by atoms with van der Waals surface area (Å²) in [7, 11) is 0. The lowest BCUT2D eigenvalue weighted by Crippen LogP contribution is -2.25. The number of rotatable bonds is 30. The van der Waals surface area contributed by atoms with Crippen LogP contribution in [0.25, 0.3) is 11.6 Å². The Bertz CT molecular complexity index is 1220. The zero-order valence-corrected chi connectivity index (χ0v) is 31.0. The molecule has 0 aliphatic heterocycles. The van der Waals surface area contributed by atoms with Crippen molar-refractivity contribution in [3.05, 3.63) is 53.6 Å². The van der Waals surface area contributed by atoms with Gasteiger partial charge in [0.05, 0.1) is 24.9 Å². The Kier molecular flexibility index (Phi) is 23.3. The van der Waals surface area contributed by atoms with Crippen LogP contribution in [0.2, 0.25) is 0 Å². The molecule has 0 fully saturated rings. The van der Waals surface area contributed by atoms with Crippen LogP contribution in [-0.2, 0) is 4.79 Å². The highest BCUT2D eigenvalue weighted by Crippen LogP contribution is 2.31. The van der Waals surface area contributed by atoms with Crippen molar-refractivity contribution in [1.29, 1.82) is 5.26 Å². The summed E-state index contributed by atoms with van der Waals surface area (Å²) < 4.78 is 18.1. The van der Waals surface area contributed by atoms with E-state index in [4.69, 9.17) is 14.2 Å². The van der Waals surface area contributed by atoms with Crippen LogP contribution in [0, 0.1) is 11.3 Å². The summed E-state index contributed by atoms with van der Waals surface area (Å²) in [4.78, 5) is 11.3. The van der Waals surface area contributed by atoms with Gasteiger partial charge in [-0.1, -0.05) is 142 Å². The Morgan fingerprint density at radius 2 is 1.14 bits per heavy atom. The molecule has 0 aromatic heterocycles. The van der Waals surface area contributed by atoms with Crippen molar-refractivity contribution < 1.29 is 24.1 Å². The topological polar surface area (TPSA) is 88.8 Å². The number of allylic oxidation sites excluding steroid dienone is 1. The minimum atomic E-state index is -0.994. The summed E-state index contributed by atoms with van der Waals surface area (Å²) >= 11 is 0. The third-order valence-electron chi connectivity index (χ3n) is 9.00. The number of carboxylic acids is 1. The first-order chi connectivity index (χ1) is 24.0. The molecule has 0 saturated heterocycles. The van der Waals surface area contributed by atoms with Gasteiger partial charge >= 0.3 is 5.97 Å². The fourth-order valence-electron chi connectivity index (χ4n) is 5.92. The van der Waals surface area contributed by atoms with Crippen molar-refractivity contribution in [3.63, 3.8) is 0 Å². The van der Waals surface area contributed by atoms with E-state index < -0.39 is 12.1 Å². The molecule has 0 aliphatic rings. The molecule has 0 heterocycles. The minimum absolute atomic E-state index is 0.364. The molecule has 0 bridgehead atoms. The molecule has 2 aromatic rings. The van der Waals surface area contributed by atoms with E-state index >= 15 is 0 Å². The molecule has 6 nitrogen and oxygen atoms in total. The monoisotopic (exact) mass is 675 g/mol. The van der Waals surface area contributed by atoms with Crippen molar-refractivity contribution in [2.75, 3.05) is 13.2 Å². The maximum atomic E-state index is 11.3. The van der Waals surface area contributed by atoms with Gasteiger partial charge in [-0.25, -0.2) is 4.79 Å². The quantitative estimate of drug-likeness (QED) is 0.0503. The molecule has 0 amide bonds. The summed E-state index contributed by atoms with van der Waals surface area (Å²) in [5.74, 6) is 0.939. The molecule has 1 N–H and O–H groups in total. The summed E-state index contributed by atoms with van der Waals surface area (Å²) in [5.41, 5.74) is 2.09. The molecule has 0 saturated carbocycles. The van der Waals surface area contributed by atoms with Crippen LogP contribution in [0.15, 0.2) is 42.5 Å². The number of nitrogens with zero attached hydrogens (tertiary/aromatic N) is 1. The van der Waals surface area contributed by atoms with Crippen molar-refractivity contribution >= 4 is 17.6 Å². The normalized spacial score (nSPS) is 12.0. The van der Waals surface area contributed by atoms with Crippen LogP contribution in [0.5, 0.6) is 17.2 Å². The molecular formula is C43H65NO5. The summed E-state index contributed by atoms with van der Waals surface area (Å²) in [6.45, 7) is 7.60. The predicted molar refractivity (Wildman–Crippen MR) is 203 cm³/mol. The van der Waals surface area contributed by atoms with Gasteiger partial charge in [-0.15, -0.1) is 0 Å². The number of benzene rings is 2. The van der Waals surface area contributed by atoms with Gasteiger partial charge in [0.2, 0.25) is 0 Å². The standard InChI is InChI=1S/C43H65NO5/c1-4-7-9-11-13-15-17-19-21-23-31-47-41-30-25-36(34-42(41)48-32-24-22-20-18-16-14-12-10-8-5-2)33-38(35-44)37-26-28-39(29-27-37)49-40(6-3)43(45)46/h25-30,33-34,40H,4-24,31-32H2,1-3H3,(H,45,46). The van der Waals surface area contributed by atoms with E-state index in [1.165, 1.54) is 109 Å². The first-order valence-electron chi connectivity index (χ1n) is 19.5. The van der Waals surface area contributed by atoms with Crippen molar-refractivity contribution in [3.8, 4) is 23.3 Å². The van der Waals surface area contributed by atoms with Crippen LogP contribution >= 0.6 is 0 Å². The number of ether oxygens (including phenoxy) is 3. The van der Waals surface area contributed by atoms with Crippen LogP contribution in [0.4, 0.5) is 0 Å². The summed E-state index contributed by atoms with van der Waals surface area (Å²) in [5, 5.41) is 19.3. The number of hydrogen-bond acceptors (Lipinski definition) is 5. The van der Waals surface area contributed by atoms with Crippen LogP contribution < -0.4 is 14.2 Å². The van der Waals surface area contributed by atoms with Gasteiger partial charge in [-0.3, -0.25) is 0 Å². The van der Waals surface area contributed by atoms with Crippen molar-refractivity contribution in [1.82, 2.24) is 0 Å². The van der Waals surface area contributed by atoms with E-state index in [0.29, 0.717) is 31.0 Å². The molecule has 6 heteroatoms. The largest absolute Gasteiger partial charge is 0.490 e.